The first-order valence-electron chi connectivity index (χ1n) is 11.7. The second-order valence-corrected chi connectivity index (χ2v) is 9.66. The van der Waals surface area contributed by atoms with Crippen molar-refractivity contribution in [1.82, 2.24) is 9.80 Å². The van der Waals surface area contributed by atoms with E-state index >= 15 is 0 Å². The molecule has 32 heavy (non-hydrogen) atoms. The molecule has 8 heteroatoms. The standard InChI is InChI=1S/C24H35FN6O/c1-3-30-8-4-16(5-9-30)15-31-10-6-24(2,7-11-31)19(14-26)23-28-20-13-17(25)12-18(22(27)32)21(20)29-23/h12-14,16,26,28-29H,3-11,15H2,1-2H3,(H2,27,32)/b23-19+,26-14?. The number of hydrogen-bond acceptors (Lipinski definition) is 6. The van der Waals surface area contributed by atoms with Gasteiger partial charge in [-0.15, -0.1) is 0 Å². The first-order valence-corrected chi connectivity index (χ1v) is 11.7. The third kappa shape index (κ3) is 4.52. The van der Waals surface area contributed by atoms with Crippen molar-refractivity contribution in [3.63, 3.8) is 0 Å². The zero-order chi connectivity index (χ0) is 22.9. The Bertz CT molecular complexity index is 913. The van der Waals surface area contributed by atoms with Gasteiger partial charge < -0.3 is 31.6 Å². The number of likely N-dealkylation sites (tertiary alicyclic amines) is 2. The molecule has 0 spiro atoms. The first kappa shape index (κ1) is 22.7. The second-order valence-electron chi connectivity index (χ2n) is 9.66. The maximum absolute atomic E-state index is 14.0. The zero-order valence-electron chi connectivity index (χ0n) is 19.1. The van der Waals surface area contributed by atoms with Crippen molar-refractivity contribution >= 4 is 23.5 Å². The van der Waals surface area contributed by atoms with Gasteiger partial charge in [0.1, 0.15) is 11.6 Å². The van der Waals surface area contributed by atoms with Crippen LogP contribution in [0.5, 0.6) is 0 Å². The van der Waals surface area contributed by atoms with Crippen molar-refractivity contribution < 1.29 is 9.18 Å². The lowest BCUT2D eigenvalue weighted by molar-refractivity contribution is 0.100. The normalized spacial score (nSPS) is 23.2. The molecule has 4 rings (SSSR count). The molecule has 3 aliphatic rings. The highest BCUT2D eigenvalue weighted by molar-refractivity contribution is 6.04. The van der Waals surface area contributed by atoms with Gasteiger partial charge in [-0.2, -0.15) is 0 Å². The topological polar surface area (TPSA) is 97.5 Å². The van der Waals surface area contributed by atoms with E-state index in [-0.39, 0.29) is 11.0 Å². The van der Waals surface area contributed by atoms with Gasteiger partial charge in [-0.05, 0) is 81.9 Å². The van der Waals surface area contributed by atoms with Crippen molar-refractivity contribution in [2.75, 3.05) is 49.9 Å². The van der Waals surface area contributed by atoms with Gasteiger partial charge in [0.15, 0.2) is 0 Å². The average Bonchev–Trinajstić information content (AvgIpc) is 3.18. The number of nitrogens with two attached hydrogens (primary N) is 1. The Labute approximate surface area is 189 Å². The third-order valence-corrected chi connectivity index (χ3v) is 7.57. The lowest BCUT2D eigenvalue weighted by Gasteiger charge is -2.42. The number of nitrogens with one attached hydrogen (secondary N) is 3. The summed E-state index contributed by atoms with van der Waals surface area (Å²) in [5.41, 5.74) is 7.19. The van der Waals surface area contributed by atoms with Crippen LogP contribution in [0.1, 0.15) is 49.9 Å². The molecule has 174 valence electrons. The van der Waals surface area contributed by atoms with Gasteiger partial charge in [-0.1, -0.05) is 13.8 Å². The summed E-state index contributed by atoms with van der Waals surface area (Å²) >= 11 is 0. The fraction of sp³-hybridized carbons (Fsp3) is 0.583. The fourth-order valence-corrected chi connectivity index (χ4v) is 5.36. The maximum Gasteiger partial charge on any atom is 0.250 e. The summed E-state index contributed by atoms with van der Waals surface area (Å²) in [6.07, 6.45) is 5.85. The Morgan fingerprint density at radius 2 is 1.91 bits per heavy atom. The monoisotopic (exact) mass is 442 g/mol. The van der Waals surface area contributed by atoms with E-state index in [4.69, 9.17) is 11.1 Å². The van der Waals surface area contributed by atoms with Gasteiger partial charge in [-0.25, -0.2) is 4.39 Å². The Kier molecular flexibility index (Phi) is 6.53. The average molecular weight is 443 g/mol. The molecule has 2 fully saturated rings. The number of amides is 1. The van der Waals surface area contributed by atoms with Crippen LogP contribution in [0.2, 0.25) is 0 Å². The lowest BCUT2D eigenvalue weighted by Crippen LogP contribution is -2.44. The number of halogens is 1. The fourth-order valence-electron chi connectivity index (χ4n) is 5.36. The molecule has 0 atom stereocenters. The van der Waals surface area contributed by atoms with Crippen LogP contribution in [-0.4, -0.2) is 61.2 Å². The molecule has 1 amide bonds. The van der Waals surface area contributed by atoms with Gasteiger partial charge in [0.05, 0.1) is 16.9 Å². The van der Waals surface area contributed by atoms with Crippen molar-refractivity contribution in [2.24, 2.45) is 17.1 Å². The molecule has 5 N–H and O–H groups in total. The Hall–Kier alpha value is -2.45. The van der Waals surface area contributed by atoms with Crippen molar-refractivity contribution in [3.8, 4) is 0 Å². The summed E-state index contributed by atoms with van der Waals surface area (Å²) < 4.78 is 14.0. The van der Waals surface area contributed by atoms with Crippen LogP contribution in [0.4, 0.5) is 15.8 Å². The van der Waals surface area contributed by atoms with Crippen molar-refractivity contribution in [2.45, 2.75) is 39.5 Å². The third-order valence-electron chi connectivity index (χ3n) is 7.57. The molecule has 2 saturated heterocycles. The lowest BCUT2D eigenvalue weighted by atomic mass is 9.74. The molecule has 0 unspecified atom stereocenters. The Balaban J connectivity index is 1.44. The minimum absolute atomic E-state index is 0.112. The van der Waals surface area contributed by atoms with Crippen molar-refractivity contribution in [3.05, 3.63) is 34.9 Å². The number of allylic oxidation sites excluding steroid dienone is 1. The van der Waals surface area contributed by atoms with E-state index in [0.717, 1.165) is 56.6 Å². The Morgan fingerprint density at radius 3 is 2.50 bits per heavy atom. The van der Waals surface area contributed by atoms with E-state index in [2.05, 4.69) is 34.3 Å². The number of hydrogen-bond donors (Lipinski definition) is 4. The number of fused-ring (bicyclic) bond motifs is 1. The van der Waals surface area contributed by atoms with Gasteiger partial charge in [-0.3, -0.25) is 4.79 Å². The van der Waals surface area contributed by atoms with E-state index in [1.807, 2.05) is 0 Å². The predicted molar refractivity (Wildman–Crippen MR) is 127 cm³/mol. The predicted octanol–water partition coefficient (Wildman–Crippen LogP) is 3.46. The van der Waals surface area contributed by atoms with E-state index in [1.165, 1.54) is 38.2 Å². The molecule has 1 aromatic carbocycles. The molecule has 0 aliphatic carbocycles. The molecule has 0 saturated carbocycles. The summed E-state index contributed by atoms with van der Waals surface area (Å²) in [6, 6.07) is 2.49. The number of piperidine rings is 2. The number of carbonyl (C=O) groups excluding carboxylic acids is 1. The largest absolute Gasteiger partial charge is 0.366 e. The highest BCUT2D eigenvalue weighted by Crippen LogP contribution is 2.43. The summed E-state index contributed by atoms with van der Waals surface area (Å²) in [5.74, 6) is 0.217. The van der Waals surface area contributed by atoms with Gasteiger partial charge in [0, 0.05) is 18.3 Å². The smallest absolute Gasteiger partial charge is 0.250 e. The molecular formula is C24H35FN6O. The van der Waals surface area contributed by atoms with Gasteiger partial charge >= 0.3 is 0 Å². The molecule has 1 aromatic rings. The number of nitrogens with zero attached hydrogens (tertiary/aromatic N) is 2. The van der Waals surface area contributed by atoms with Gasteiger partial charge in [0.2, 0.25) is 0 Å². The van der Waals surface area contributed by atoms with Crippen molar-refractivity contribution in [1.29, 1.82) is 5.41 Å². The molecule has 7 nitrogen and oxygen atoms in total. The van der Waals surface area contributed by atoms with Crippen LogP contribution in [0.3, 0.4) is 0 Å². The molecular weight excluding hydrogens is 407 g/mol. The molecule has 0 aromatic heterocycles. The summed E-state index contributed by atoms with van der Waals surface area (Å²) in [5, 5.41) is 14.5. The highest BCUT2D eigenvalue weighted by Gasteiger charge is 2.37. The van der Waals surface area contributed by atoms with E-state index in [9.17, 15) is 9.18 Å². The maximum atomic E-state index is 14.0. The van der Waals surface area contributed by atoms with Crippen LogP contribution in [0, 0.1) is 22.6 Å². The first-order chi connectivity index (χ1) is 15.3. The SMILES string of the molecule is CCN1CCC(CN2CCC(C)(/C(C=N)=C3\Nc4cc(F)cc(C(N)=O)c4N3)CC2)CC1. The zero-order valence-corrected chi connectivity index (χ0v) is 19.1. The van der Waals surface area contributed by atoms with E-state index in [1.54, 1.807) is 0 Å². The van der Waals surface area contributed by atoms with E-state index < -0.39 is 11.7 Å². The minimum Gasteiger partial charge on any atom is -0.366 e. The minimum atomic E-state index is -0.683. The van der Waals surface area contributed by atoms with Crippen LogP contribution < -0.4 is 16.4 Å². The molecule has 3 heterocycles. The molecule has 0 radical (unpaired) electrons. The number of benzene rings is 1. The number of rotatable bonds is 6. The van der Waals surface area contributed by atoms with Gasteiger partial charge in [0.25, 0.3) is 5.91 Å². The summed E-state index contributed by atoms with van der Waals surface area (Å²) in [6.45, 7) is 11.2. The van der Waals surface area contributed by atoms with Crippen LogP contribution in [-0.2, 0) is 0 Å². The Morgan fingerprint density at radius 1 is 1.22 bits per heavy atom. The quantitative estimate of drug-likeness (QED) is 0.506. The van der Waals surface area contributed by atoms with Crippen LogP contribution >= 0.6 is 0 Å². The van der Waals surface area contributed by atoms with Crippen LogP contribution in [0.15, 0.2) is 23.5 Å². The number of anilines is 2. The molecule has 0 bridgehead atoms. The van der Waals surface area contributed by atoms with Crippen LogP contribution in [0.25, 0.3) is 0 Å². The summed E-state index contributed by atoms with van der Waals surface area (Å²) in [4.78, 5) is 16.9. The van der Waals surface area contributed by atoms with E-state index in [0.29, 0.717) is 17.2 Å². The second kappa shape index (κ2) is 9.19. The number of carbonyl (C=O) groups is 1. The summed E-state index contributed by atoms with van der Waals surface area (Å²) in [7, 11) is 0. The highest BCUT2D eigenvalue weighted by atomic mass is 19.1. The number of primary amides is 1. The molecule has 3 aliphatic heterocycles.